The summed E-state index contributed by atoms with van der Waals surface area (Å²) in [6.07, 6.45) is 1.55. The van der Waals surface area contributed by atoms with Crippen LogP contribution in [0.4, 0.5) is 10.2 Å². The smallest absolute Gasteiger partial charge is 0.169 e. The molecule has 0 bridgehead atoms. The summed E-state index contributed by atoms with van der Waals surface area (Å²) in [4.78, 5) is 3.89. The Kier molecular flexibility index (Phi) is 3.19. The zero-order chi connectivity index (χ0) is 9.84. The van der Waals surface area contributed by atoms with Gasteiger partial charge >= 0.3 is 0 Å². The normalized spacial score (nSPS) is 10.5. The van der Waals surface area contributed by atoms with Crippen molar-refractivity contribution in [2.75, 3.05) is 5.32 Å². The predicted molar refractivity (Wildman–Crippen MR) is 50.8 cm³/mol. The van der Waals surface area contributed by atoms with Crippen molar-refractivity contribution in [3.63, 3.8) is 0 Å². The number of nitrogens with two attached hydrogens (primary N) is 1. The van der Waals surface area contributed by atoms with Crippen LogP contribution in [-0.2, 0) is 6.54 Å². The molecule has 0 radical (unpaired) electrons. The summed E-state index contributed by atoms with van der Waals surface area (Å²) in [5.41, 5.74) is 5.84. The van der Waals surface area contributed by atoms with Gasteiger partial charge < -0.3 is 11.1 Å². The van der Waals surface area contributed by atoms with Crippen molar-refractivity contribution in [2.45, 2.75) is 26.4 Å². The molecule has 4 heteroatoms. The molecule has 3 nitrogen and oxygen atoms in total. The highest BCUT2D eigenvalue weighted by Gasteiger charge is 2.08. The fourth-order valence-electron chi connectivity index (χ4n) is 1.02. The van der Waals surface area contributed by atoms with E-state index in [0.29, 0.717) is 5.56 Å². The van der Waals surface area contributed by atoms with Crippen molar-refractivity contribution < 1.29 is 4.39 Å². The van der Waals surface area contributed by atoms with Gasteiger partial charge in [0, 0.05) is 24.3 Å². The van der Waals surface area contributed by atoms with E-state index in [-0.39, 0.29) is 24.2 Å². The van der Waals surface area contributed by atoms with Crippen LogP contribution in [0.5, 0.6) is 0 Å². The third kappa shape index (κ3) is 2.39. The van der Waals surface area contributed by atoms with E-state index in [2.05, 4.69) is 10.3 Å². The molecule has 1 rings (SSSR count). The van der Waals surface area contributed by atoms with Gasteiger partial charge in [-0.1, -0.05) is 0 Å². The number of nitrogens with one attached hydrogen (secondary N) is 1. The Labute approximate surface area is 77.2 Å². The van der Waals surface area contributed by atoms with Crippen molar-refractivity contribution in [3.05, 3.63) is 23.6 Å². The van der Waals surface area contributed by atoms with Gasteiger partial charge in [-0.3, -0.25) is 0 Å². The van der Waals surface area contributed by atoms with Crippen LogP contribution >= 0.6 is 0 Å². The molecule has 0 amide bonds. The fraction of sp³-hybridized carbons (Fsp3) is 0.444. The standard InChI is InChI=1S/C9H14FN3/c1-6(2)13-9-8(10)7(5-11)3-4-12-9/h3-4,6H,5,11H2,1-2H3,(H,12,13). The maximum atomic E-state index is 13.4. The Morgan fingerprint density at radius 2 is 2.31 bits per heavy atom. The fourth-order valence-corrected chi connectivity index (χ4v) is 1.02. The summed E-state index contributed by atoms with van der Waals surface area (Å²) in [6, 6.07) is 1.75. The van der Waals surface area contributed by atoms with Gasteiger partial charge in [-0.25, -0.2) is 9.37 Å². The summed E-state index contributed by atoms with van der Waals surface area (Å²) >= 11 is 0. The third-order valence-electron chi connectivity index (χ3n) is 1.61. The Bertz CT molecular complexity index is 286. The van der Waals surface area contributed by atoms with Crippen molar-refractivity contribution >= 4 is 5.82 Å². The van der Waals surface area contributed by atoms with Crippen LogP contribution in [0, 0.1) is 5.82 Å². The van der Waals surface area contributed by atoms with Gasteiger partial charge in [0.25, 0.3) is 0 Å². The van der Waals surface area contributed by atoms with Gasteiger partial charge in [-0.2, -0.15) is 0 Å². The molecule has 0 unspecified atom stereocenters. The molecular weight excluding hydrogens is 169 g/mol. The lowest BCUT2D eigenvalue weighted by molar-refractivity contribution is 0.605. The van der Waals surface area contributed by atoms with E-state index in [1.54, 1.807) is 12.3 Å². The van der Waals surface area contributed by atoms with Crippen molar-refractivity contribution in [1.29, 1.82) is 0 Å². The SMILES string of the molecule is CC(C)Nc1nccc(CN)c1F. The van der Waals surface area contributed by atoms with Crippen LogP contribution < -0.4 is 11.1 Å². The molecule has 13 heavy (non-hydrogen) atoms. The molecule has 72 valence electrons. The Balaban J connectivity index is 2.94. The number of nitrogens with zero attached hydrogens (tertiary/aromatic N) is 1. The van der Waals surface area contributed by atoms with Crippen LogP contribution in [0.3, 0.4) is 0 Å². The van der Waals surface area contributed by atoms with Crippen LogP contribution in [0.15, 0.2) is 12.3 Å². The summed E-state index contributed by atoms with van der Waals surface area (Å²) in [7, 11) is 0. The van der Waals surface area contributed by atoms with E-state index in [0.717, 1.165) is 0 Å². The molecule has 0 aromatic carbocycles. The molecular formula is C9H14FN3. The van der Waals surface area contributed by atoms with E-state index < -0.39 is 0 Å². The van der Waals surface area contributed by atoms with E-state index in [4.69, 9.17) is 5.73 Å². The first-order valence-corrected chi connectivity index (χ1v) is 4.25. The van der Waals surface area contributed by atoms with Gasteiger partial charge in [-0.05, 0) is 19.9 Å². The maximum absolute atomic E-state index is 13.4. The number of rotatable bonds is 3. The highest BCUT2D eigenvalue weighted by molar-refractivity contribution is 5.40. The van der Waals surface area contributed by atoms with Gasteiger partial charge in [0.1, 0.15) is 0 Å². The Morgan fingerprint density at radius 3 is 2.85 bits per heavy atom. The summed E-state index contributed by atoms with van der Waals surface area (Å²) in [5, 5.41) is 2.91. The van der Waals surface area contributed by atoms with E-state index >= 15 is 0 Å². The van der Waals surface area contributed by atoms with Crippen molar-refractivity contribution in [3.8, 4) is 0 Å². The molecule has 0 spiro atoms. The van der Waals surface area contributed by atoms with E-state index in [9.17, 15) is 4.39 Å². The topological polar surface area (TPSA) is 50.9 Å². The highest BCUT2D eigenvalue weighted by Crippen LogP contribution is 2.14. The largest absolute Gasteiger partial charge is 0.365 e. The van der Waals surface area contributed by atoms with Gasteiger partial charge in [0.05, 0.1) is 0 Å². The molecule has 0 aliphatic rings. The first kappa shape index (κ1) is 9.92. The quantitative estimate of drug-likeness (QED) is 0.746. The summed E-state index contributed by atoms with van der Waals surface area (Å²) in [5.74, 6) is -0.0725. The molecule has 1 heterocycles. The molecule has 0 atom stereocenters. The average molecular weight is 183 g/mol. The van der Waals surface area contributed by atoms with Crippen molar-refractivity contribution in [2.24, 2.45) is 5.73 Å². The zero-order valence-electron chi connectivity index (χ0n) is 7.84. The van der Waals surface area contributed by atoms with Crippen LogP contribution in [-0.4, -0.2) is 11.0 Å². The van der Waals surface area contributed by atoms with Gasteiger partial charge in [0.15, 0.2) is 11.6 Å². The number of hydrogen-bond donors (Lipinski definition) is 2. The van der Waals surface area contributed by atoms with Crippen molar-refractivity contribution in [1.82, 2.24) is 4.98 Å². The summed E-state index contributed by atoms with van der Waals surface area (Å²) in [6.45, 7) is 4.05. The third-order valence-corrected chi connectivity index (χ3v) is 1.61. The minimum atomic E-state index is -0.348. The maximum Gasteiger partial charge on any atom is 0.169 e. The minimum absolute atomic E-state index is 0.162. The van der Waals surface area contributed by atoms with Crippen LogP contribution in [0.2, 0.25) is 0 Å². The summed E-state index contributed by atoms with van der Waals surface area (Å²) < 4.78 is 13.4. The Hall–Kier alpha value is -1.16. The predicted octanol–water partition coefficient (Wildman–Crippen LogP) is 1.50. The van der Waals surface area contributed by atoms with Gasteiger partial charge in [0.2, 0.25) is 0 Å². The molecule has 3 N–H and O–H groups in total. The van der Waals surface area contributed by atoms with Crippen LogP contribution in [0.1, 0.15) is 19.4 Å². The first-order valence-electron chi connectivity index (χ1n) is 4.25. The lowest BCUT2D eigenvalue weighted by atomic mass is 10.2. The van der Waals surface area contributed by atoms with Gasteiger partial charge in [-0.15, -0.1) is 0 Å². The van der Waals surface area contributed by atoms with E-state index in [1.165, 1.54) is 0 Å². The van der Waals surface area contributed by atoms with Crippen LogP contribution in [0.25, 0.3) is 0 Å². The molecule has 0 saturated carbocycles. The monoisotopic (exact) mass is 183 g/mol. The number of anilines is 1. The number of halogens is 1. The Morgan fingerprint density at radius 1 is 1.62 bits per heavy atom. The average Bonchev–Trinajstić information content (AvgIpc) is 2.08. The molecule has 1 aromatic rings. The molecule has 0 saturated heterocycles. The number of aromatic nitrogens is 1. The number of hydrogen-bond acceptors (Lipinski definition) is 3. The highest BCUT2D eigenvalue weighted by atomic mass is 19.1. The molecule has 0 fully saturated rings. The number of pyridine rings is 1. The lowest BCUT2D eigenvalue weighted by Gasteiger charge is -2.10. The first-order chi connectivity index (χ1) is 6.15. The molecule has 0 aliphatic heterocycles. The van der Waals surface area contributed by atoms with E-state index in [1.807, 2.05) is 13.8 Å². The second-order valence-electron chi connectivity index (χ2n) is 3.14. The second kappa shape index (κ2) is 4.18. The molecule has 0 aliphatic carbocycles. The zero-order valence-corrected chi connectivity index (χ0v) is 7.84. The second-order valence-corrected chi connectivity index (χ2v) is 3.14. The molecule has 1 aromatic heterocycles. The lowest BCUT2D eigenvalue weighted by Crippen LogP contribution is -2.14. The minimum Gasteiger partial charge on any atom is -0.365 e.